The average molecular weight is 371 g/mol. The summed E-state index contributed by atoms with van der Waals surface area (Å²) in [5.41, 5.74) is 1.38. The second-order valence-electron chi connectivity index (χ2n) is 7.42. The lowest BCUT2D eigenvalue weighted by molar-refractivity contribution is -0.127. The lowest BCUT2D eigenvalue weighted by atomic mass is 9.92. The minimum atomic E-state index is -0.327. The molecule has 0 fully saturated rings. The molecular formula is C20H25N3O4. The molecule has 2 rings (SSSR count). The van der Waals surface area contributed by atoms with Crippen molar-refractivity contribution in [1.29, 1.82) is 0 Å². The molecule has 7 nitrogen and oxygen atoms in total. The van der Waals surface area contributed by atoms with Crippen molar-refractivity contribution in [1.82, 2.24) is 10.6 Å². The Morgan fingerprint density at radius 3 is 2.26 bits per heavy atom. The number of carbonyl (C=O) groups is 3. The quantitative estimate of drug-likeness (QED) is 0.697. The largest absolute Gasteiger partial charge is 0.459 e. The molecule has 0 spiro atoms. The van der Waals surface area contributed by atoms with Crippen LogP contribution < -0.4 is 16.0 Å². The maximum atomic E-state index is 11.9. The Morgan fingerprint density at radius 1 is 0.963 bits per heavy atom. The van der Waals surface area contributed by atoms with Gasteiger partial charge in [-0.3, -0.25) is 14.4 Å². The van der Waals surface area contributed by atoms with Crippen LogP contribution in [0.4, 0.5) is 5.69 Å². The van der Waals surface area contributed by atoms with Crippen LogP contribution in [0.2, 0.25) is 0 Å². The van der Waals surface area contributed by atoms with Crippen molar-refractivity contribution in [2.75, 3.05) is 11.9 Å². The highest BCUT2D eigenvalue weighted by Gasteiger charge is 2.16. The van der Waals surface area contributed by atoms with Gasteiger partial charge in [0.25, 0.3) is 5.91 Å². The van der Waals surface area contributed by atoms with Crippen LogP contribution in [0.1, 0.15) is 43.3 Å². The summed E-state index contributed by atoms with van der Waals surface area (Å²) in [6.45, 7) is 6.18. The van der Waals surface area contributed by atoms with E-state index < -0.39 is 0 Å². The molecule has 0 saturated carbocycles. The summed E-state index contributed by atoms with van der Waals surface area (Å²) in [6, 6.07) is 10.3. The molecule has 0 bridgehead atoms. The highest BCUT2D eigenvalue weighted by atomic mass is 16.3. The van der Waals surface area contributed by atoms with Crippen molar-refractivity contribution < 1.29 is 18.8 Å². The van der Waals surface area contributed by atoms with Gasteiger partial charge in [0.15, 0.2) is 5.76 Å². The van der Waals surface area contributed by atoms with E-state index in [1.54, 1.807) is 36.4 Å². The van der Waals surface area contributed by atoms with Gasteiger partial charge in [-0.05, 0) is 35.2 Å². The van der Waals surface area contributed by atoms with E-state index in [0.29, 0.717) is 18.7 Å². The Kier molecular flexibility index (Phi) is 6.76. The highest BCUT2D eigenvalue weighted by molar-refractivity contribution is 6.02. The fraction of sp³-hybridized carbons (Fsp3) is 0.350. The van der Waals surface area contributed by atoms with Gasteiger partial charge in [0.2, 0.25) is 11.8 Å². The number of carbonyl (C=O) groups excluding carboxylic acids is 3. The monoisotopic (exact) mass is 371 g/mol. The first-order valence-corrected chi connectivity index (χ1v) is 8.70. The Bertz CT molecular complexity index is 775. The normalized spacial score (nSPS) is 10.9. The molecule has 0 radical (unpaired) electrons. The first kappa shape index (κ1) is 20.2. The molecule has 3 amide bonds. The van der Waals surface area contributed by atoms with Crippen LogP contribution in [-0.2, 0) is 16.1 Å². The third-order valence-electron chi connectivity index (χ3n) is 3.58. The molecular weight excluding hydrogens is 346 g/mol. The van der Waals surface area contributed by atoms with Gasteiger partial charge in [0.05, 0.1) is 12.8 Å². The van der Waals surface area contributed by atoms with Crippen LogP contribution in [0, 0.1) is 5.41 Å². The maximum absolute atomic E-state index is 11.9. The number of furan rings is 1. The number of benzene rings is 1. The zero-order chi connectivity index (χ0) is 19.9. The number of amides is 3. The molecule has 1 heterocycles. The van der Waals surface area contributed by atoms with Gasteiger partial charge in [-0.1, -0.05) is 32.9 Å². The second-order valence-corrected chi connectivity index (χ2v) is 7.42. The molecule has 0 atom stereocenters. The van der Waals surface area contributed by atoms with Crippen LogP contribution in [-0.4, -0.2) is 24.3 Å². The van der Waals surface area contributed by atoms with Gasteiger partial charge >= 0.3 is 0 Å². The fourth-order valence-corrected chi connectivity index (χ4v) is 2.29. The van der Waals surface area contributed by atoms with E-state index in [1.165, 1.54) is 6.26 Å². The standard InChI is InChI=1S/C20H25N3O4/c1-20(2,3)11-17(24)22-13-18(25)21-12-14-6-8-15(9-7-14)23-19(26)16-5-4-10-27-16/h4-10H,11-13H2,1-3H3,(H,21,25)(H,22,24)(H,23,26). The minimum Gasteiger partial charge on any atom is -0.459 e. The summed E-state index contributed by atoms with van der Waals surface area (Å²) in [7, 11) is 0. The average Bonchev–Trinajstić information content (AvgIpc) is 3.12. The fourth-order valence-electron chi connectivity index (χ4n) is 2.29. The minimum absolute atomic E-state index is 0.0494. The van der Waals surface area contributed by atoms with E-state index >= 15 is 0 Å². The molecule has 2 aromatic rings. The van der Waals surface area contributed by atoms with E-state index in [2.05, 4.69) is 16.0 Å². The molecule has 144 valence electrons. The van der Waals surface area contributed by atoms with E-state index in [1.807, 2.05) is 20.8 Å². The summed E-state index contributed by atoms with van der Waals surface area (Å²) >= 11 is 0. The van der Waals surface area contributed by atoms with Crippen LogP contribution in [0.15, 0.2) is 47.1 Å². The summed E-state index contributed by atoms with van der Waals surface area (Å²) in [4.78, 5) is 35.4. The van der Waals surface area contributed by atoms with Crippen molar-refractivity contribution in [3.8, 4) is 0 Å². The van der Waals surface area contributed by atoms with Gasteiger partial charge < -0.3 is 20.4 Å². The topological polar surface area (TPSA) is 100 Å². The molecule has 0 aliphatic rings. The summed E-state index contributed by atoms with van der Waals surface area (Å²) in [5.74, 6) is -0.492. The van der Waals surface area contributed by atoms with Crippen molar-refractivity contribution in [2.24, 2.45) is 5.41 Å². The van der Waals surface area contributed by atoms with Gasteiger partial charge in [-0.15, -0.1) is 0 Å². The molecule has 1 aromatic heterocycles. The Labute approximate surface area is 158 Å². The van der Waals surface area contributed by atoms with Crippen molar-refractivity contribution in [2.45, 2.75) is 33.7 Å². The van der Waals surface area contributed by atoms with E-state index in [0.717, 1.165) is 5.56 Å². The third kappa shape index (κ3) is 7.35. The molecule has 0 saturated heterocycles. The maximum Gasteiger partial charge on any atom is 0.291 e. The third-order valence-corrected chi connectivity index (χ3v) is 3.58. The molecule has 1 aromatic carbocycles. The van der Waals surface area contributed by atoms with E-state index in [9.17, 15) is 14.4 Å². The summed E-state index contributed by atoms with van der Waals surface area (Å²) < 4.78 is 5.03. The van der Waals surface area contributed by atoms with E-state index in [4.69, 9.17) is 4.42 Å². The summed E-state index contributed by atoms with van der Waals surface area (Å²) in [6.07, 6.45) is 1.80. The second kappa shape index (κ2) is 9.02. The Morgan fingerprint density at radius 2 is 1.67 bits per heavy atom. The number of hydrogen-bond acceptors (Lipinski definition) is 4. The van der Waals surface area contributed by atoms with Crippen molar-refractivity contribution >= 4 is 23.4 Å². The van der Waals surface area contributed by atoms with Crippen LogP contribution in [0.3, 0.4) is 0 Å². The summed E-state index contributed by atoms with van der Waals surface area (Å²) in [5, 5.41) is 8.08. The van der Waals surface area contributed by atoms with E-state index in [-0.39, 0.29) is 35.4 Å². The predicted octanol–water partition coefficient (Wildman–Crippen LogP) is 2.70. The number of rotatable bonds is 7. The molecule has 27 heavy (non-hydrogen) atoms. The molecule has 7 heteroatoms. The lowest BCUT2D eigenvalue weighted by Gasteiger charge is -2.17. The Hall–Kier alpha value is -3.09. The number of nitrogens with one attached hydrogen (secondary N) is 3. The molecule has 0 aliphatic heterocycles. The lowest BCUT2D eigenvalue weighted by Crippen LogP contribution is -2.37. The smallest absolute Gasteiger partial charge is 0.291 e. The van der Waals surface area contributed by atoms with Gasteiger partial charge in [-0.25, -0.2) is 0 Å². The van der Waals surface area contributed by atoms with Crippen LogP contribution in [0.5, 0.6) is 0 Å². The SMILES string of the molecule is CC(C)(C)CC(=O)NCC(=O)NCc1ccc(NC(=O)c2ccco2)cc1. The molecule has 0 aliphatic carbocycles. The van der Waals surface area contributed by atoms with Crippen molar-refractivity contribution in [3.63, 3.8) is 0 Å². The van der Waals surface area contributed by atoms with Gasteiger partial charge in [0, 0.05) is 18.7 Å². The Balaban J connectivity index is 1.74. The van der Waals surface area contributed by atoms with Gasteiger partial charge in [-0.2, -0.15) is 0 Å². The number of anilines is 1. The first-order chi connectivity index (χ1) is 12.7. The highest BCUT2D eigenvalue weighted by Crippen LogP contribution is 2.17. The number of hydrogen-bond donors (Lipinski definition) is 3. The van der Waals surface area contributed by atoms with Gasteiger partial charge in [0.1, 0.15) is 0 Å². The zero-order valence-electron chi connectivity index (χ0n) is 15.8. The predicted molar refractivity (Wildman–Crippen MR) is 102 cm³/mol. The first-order valence-electron chi connectivity index (χ1n) is 8.70. The molecule has 0 unspecified atom stereocenters. The van der Waals surface area contributed by atoms with Crippen LogP contribution in [0.25, 0.3) is 0 Å². The zero-order valence-corrected chi connectivity index (χ0v) is 15.8. The van der Waals surface area contributed by atoms with Crippen molar-refractivity contribution in [3.05, 3.63) is 54.0 Å². The molecule has 3 N–H and O–H groups in total. The van der Waals surface area contributed by atoms with Crippen LogP contribution >= 0.6 is 0 Å².